The van der Waals surface area contributed by atoms with Crippen molar-refractivity contribution in [1.29, 1.82) is 0 Å². The number of hydrogen-bond donors (Lipinski definition) is 1. The van der Waals surface area contributed by atoms with Crippen molar-refractivity contribution >= 4 is 5.91 Å². The van der Waals surface area contributed by atoms with E-state index in [4.69, 9.17) is 0 Å². The summed E-state index contributed by atoms with van der Waals surface area (Å²) in [6.45, 7) is 5.95. The van der Waals surface area contributed by atoms with Crippen molar-refractivity contribution in [3.8, 4) is 0 Å². The zero-order valence-electron chi connectivity index (χ0n) is 13.5. The SMILES string of the molecule is CCn1cc(C(=O)N2CCCC(c3ccnc(=O)[nH]3)C2)c(C)n1. The van der Waals surface area contributed by atoms with Crippen LogP contribution in [-0.4, -0.2) is 43.6 Å². The average Bonchev–Trinajstić information content (AvgIpc) is 2.95. The highest BCUT2D eigenvalue weighted by molar-refractivity contribution is 5.95. The Balaban J connectivity index is 1.79. The van der Waals surface area contributed by atoms with Gasteiger partial charge in [-0.1, -0.05) is 0 Å². The molecule has 2 aromatic heterocycles. The number of aryl methyl sites for hydroxylation is 2. The van der Waals surface area contributed by atoms with Gasteiger partial charge in [0.05, 0.1) is 11.3 Å². The van der Waals surface area contributed by atoms with Crippen LogP contribution in [0.5, 0.6) is 0 Å². The zero-order chi connectivity index (χ0) is 16.4. The van der Waals surface area contributed by atoms with Crippen LogP contribution in [0.3, 0.4) is 0 Å². The Labute approximate surface area is 134 Å². The summed E-state index contributed by atoms with van der Waals surface area (Å²) in [6, 6.07) is 1.82. The van der Waals surface area contributed by atoms with Gasteiger partial charge < -0.3 is 9.88 Å². The highest BCUT2D eigenvalue weighted by Crippen LogP contribution is 2.26. The van der Waals surface area contributed by atoms with Crippen LogP contribution in [0.1, 0.15) is 47.4 Å². The van der Waals surface area contributed by atoms with Gasteiger partial charge in [-0.15, -0.1) is 0 Å². The van der Waals surface area contributed by atoms with Gasteiger partial charge in [0, 0.05) is 43.6 Å². The first-order valence-electron chi connectivity index (χ1n) is 7.97. The molecule has 23 heavy (non-hydrogen) atoms. The number of piperidine rings is 1. The first-order valence-corrected chi connectivity index (χ1v) is 7.97. The number of carbonyl (C=O) groups is 1. The van der Waals surface area contributed by atoms with Gasteiger partial charge in [0.1, 0.15) is 0 Å². The number of amides is 1. The summed E-state index contributed by atoms with van der Waals surface area (Å²) < 4.78 is 1.78. The van der Waals surface area contributed by atoms with Gasteiger partial charge >= 0.3 is 5.69 Å². The molecule has 0 saturated carbocycles. The lowest BCUT2D eigenvalue weighted by molar-refractivity contribution is 0.0705. The van der Waals surface area contributed by atoms with Crippen molar-refractivity contribution < 1.29 is 4.79 Å². The number of nitrogens with zero attached hydrogens (tertiary/aromatic N) is 4. The minimum absolute atomic E-state index is 0.0169. The van der Waals surface area contributed by atoms with E-state index in [1.54, 1.807) is 4.68 Å². The molecule has 0 spiro atoms. The normalized spacial score (nSPS) is 18.2. The molecule has 0 radical (unpaired) electrons. The van der Waals surface area contributed by atoms with Crippen molar-refractivity contribution in [2.24, 2.45) is 0 Å². The van der Waals surface area contributed by atoms with Crippen molar-refractivity contribution in [2.75, 3.05) is 13.1 Å². The fraction of sp³-hybridized carbons (Fsp3) is 0.500. The molecular weight excluding hydrogens is 294 g/mol. The molecule has 7 nitrogen and oxygen atoms in total. The maximum Gasteiger partial charge on any atom is 0.345 e. The Morgan fingerprint density at radius 1 is 1.48 bits per heavy atom. The number of H-pyrrole nitrogens is 1. The fourth-order valence-corrected chi connectivity index (χ4v) is 3.10. The largest absolute Gasteiger partial charge is 0.345 e. The van der Waals surface area contributed by atoms with Crippen LogP contribution in [-0.2, 0) is 6.54 Å². The number of hydrogen-bond acceptors (Lipinski definition) is 4. The van der Waals surface area contributed by atoms with E-state index in [0.717, 1.165) is 37.3 Å². The number of aromatic amines is 1. The molecule has 1 atom stereocenters. The maximum atomic E-state index is 12.8. The Morgan fingerprint density at radius 3 is 3.00 bits per heavy atom. The standard InChI is InChI=1S/C16H21N5O2/c1-3-21-10-13(11(2)19-21)15(22)20-8-4-5-12(9-20)14-6-7-17-16(23)18-14/h6-7,10,12H,3-5,8-9H2,1-2H3,(H,17,18,23). The smallest absolute Gasteiger partial charge is 0.338 e. The summed E-state index contributed by atoms with van der Waals surface area (Å²) in [5.41, 5.74) is 1.93. The Morgan fingerprint density at radius 2 is 2.30 bits per heavy atom. The highest BCUT2D eigenvalue weighted by atomic mass is 16.2. The fourth-order valence-electron chi connectivity index (χ4n) is 3.10. The third kappa shape index (κ3) is 3.18. The van der Waals surface area contributed by atoms with Crippen LogP contribution in [0.4, 0.5) is 0 Å². The Bertz CT molecular complexity index is 764. The summed E-state index contributed by atoms with van der Waals surface area (Å²) in [4.78, 5) is 32.5. The quantitative estimate of drug-likeness (QED) is 0.925. The summed E-state index contributed by atoms with van der Waals surface area (Å²) in [6.07, 6.45) is 5.21. The predicted octanol–water partition coefficient (Wildman–Crippen LogP) is 1.31. The summed E-state index contributed by atoms with van der Waals surface area (Å²) in [7, 11) is 0. The Hall–Kier alpha value is -2.44. The van der Waals surface area contributed by atoms with E-state index >= 15 is 0 Å². The molecule has 1 amide bonds. The molecule has 0 bridgehead atoms. The van der Waals surface area contributed by atoms with Crippen molar-refractivity contribution in [3.05, 3.63) is 45.9 Å². The monoisotopic (exact) mass is 315 g/mol. The number of carbonyl (C=O) groups excluding carboxylic acids is 1. The average molecular weight is 315 g/mol. The van der Waals surface area contributed by atoms with Gasteiger partial charge in [-0.25, -0.2) is 9.78 Å². The molecule has 1 saturated heterocycles. The Kier molecular flexibility index (Phi) is 4.27. The molecule has 122 valence electrons. The molecule has 1 N–H and O–H groups in total. The van der Waals surface area contributed by atoms with E-state index in [9.17, 15) is 9.59 Å². The zero-order valence-corrected chi connectivity index (χ0v) is 13.5. The van der Waals surface area contributed by atoms with Crippen molar-refractivity contribution in [1.82, 2.24) is 24.6 Å². The van der Waals surface area contributed by atoms with Crippen molar-refractivity contribution in [3.63, 3.8) is 0 Å². The van der Waals surface area contributed by atoms with Crippen LogP contribution in [0, 0.1) is 6.92 Å². The molecule has 0 aliphatic carbocycles. The van der Waals surface area contributed by atoms with E-state index in [1.165, 1.54) is 6.20 Å². The van der Waals surface area contributed by atoms with Crippen LogP contribution < -0.4 is 5.69 Å². The topological polar surface area (TPSA) is 83.9 Å². The molecule has 0 aromatic carbocycles. The molecule has 3 rings (SSSR count). The van der Waals surface area contributed by atoms with Crippen LogP contribution in [0.25, 0.3) is 0 Å². The second kappa shape index (κ2) is 6.36. The minimum atomic E-state index is -0.342. The van der Waals surface area contributed by atoms with Gasteiger partial charge in [-0.3, -0.25) is 9.48 Å². The lowest BCUT2D eigenvalue weighted by Crippen LogP contribution is -2.39. The number of rotatable bonds is 3. The second-order valence-electron chi connectivity index (χ2n) is 5.90. The van der Waals surface area contributed by atoms with Crippen LogP contribution in [0.2, 0.25) is 0 Å². The lowest BCUT2D eigenvalue weighted by atomic mass is 9.94. The molecule has 1 unspecified atom stereocenters. The summed E-state index contributed by atoms with van der Waals surface area (Å²) in [5, 5.41) is 4.35. The minimum Gasteiger partial charge on any atom is -0.338 e. The maximum absolute atomic E-state index is 12.8. The van der Waals surface area contributed by atoms with E-state index in [-0.39, 0.29) is 17.5 Å². The highest BCUT2D eigenvalue weighted by Gasteiger charge is 2.27. The van der Waals surface area contributed by atoms with E-state index < -0.39 is 0 Å². The molecule has 2 aromatic rings. The molecule has 3 heterocycles. The lowest BCUT2D eigenvalue weighted by Gasteiger charge is -2.32. The third-order valence-electron chi connectivity index (χ3n) is 4.35. The summed E-state index contributed by atoms with van der Waals surface area (Å²) in [5.74, 6) is 0.160. The summed E-state index contributed by atoms with van der Waals surface area (Å²) >= 11 is 0. The van der Waals surface area contributed by atoms with Gasteiger partial charge in [-0.05, 0) is 32.8 Å². The number of aromatic nitrogens is 4. The molecule has 1 fully saturated rings. The molecule has 1 aliphatic rings. The number of nitrogens with one attached hydrogen (secondary N) is 1. The first-order chi connectivity index (χ1) is 11.1. The van der Waals surface area contributed by atoms with Gasteiger partial charge in [0.15, 0.2) is 0 Å². The second-order valence-corrected chi connectivity index (χ2v) is 5.90. The molecule has 7 heteroatoms. The van der Waals surface area contributed by atoms with Gasteiger partial charge in [0.2, 0.25) is 0 Å². The van der Waals surface area contributed by atoms with E-state index in [0.29, 0.717) is 12.1 Å². The molecular formula is C16H21N5O2. The van der Waals surface area contributed by atoms with E-state index in [2.05, 4.69) is 15.1 Å². The van der Waals surface area contributed by atoms with E-state index in [1.807, 2.05) is 31.0 Å². The predicted molar refractivity (Wildman–Crippen MR) is 85.4 cm³/mol. The third-order valence-corrected chi connectivity index (χ3v) is 4.35. The van der Waals surface area contributed by atoms with Crippen molar-refractivity contribution in [2.45, 2.75) is 39.2 Å². The van der Waals surface area contributed by atoms with Crippen LogP contribution in [0.15, 0.2) is 23.3 Å². The van der Waals surface area contributed by atoms with Gasteiger partial charge in [-0.2, -0.15) is 5.10 Å². The number of likely N-dealkylation sites (tertiary alicyclic amines) is 1. The van der Waals surface area contributed by atoms with Crippen LogP contribution >= 0.6 is 0 Å². The molecule has 1 aliphatic heterocycles. The first kappa shape index (κ1) is 15.5. The van der Waals surface area contributed by atoms with Gasteiger partial charge in [0.25, 0.3) is 5.91 Å².